The molecule has 0 spiro atoms. The Morgan fingerprint density at radius 3 is 2.50 bits per heavy atom. The van der Waals surface area contributed by atoms with Gasteiger partial charge in [0, 0.05) is 29.8 Å². The summed E-state index contributed by atoms with van der Waals surface area (Å²) in [6.45, 7) is 3.75. The first kappa shape index (κ1) is 20.0. The van der Waals surface area contributed by atoms with Crippen molar-refractivity contribution in [3.63, 3.8) is 0 Å². The van der Waals surface area contributed by atoms with Crippen LogP contribution in [0.15, 0.2) is 54.5 Å². The Bertz CT molecular complexity index is 907. The molecular weight excluding hydrogens is 369 g/mol. The van der Waals surface area contributed by atoms with Crippen LogP contribution in [-0.2, 0) is 11.3 Å². The first-order chi connectivity index (χ1) is 13.2. The minimum atomic E-state index is -4.69. The highest BCUT2D eigenvalue weighted by Crippen LogP contribution is 2.33. The van der Waals surface area contributed by atoms with Gasteiger partial charge >= 0.3 is 6.36 Å². The maximum absolute atomic E-state index is 12.5. The zero-order valence-electron chi connectivity index (χ0n) is 15.5. The molecule has 3 rings (SSSR count). The predicted molar refractivity (Wildman–Crippen MR) is 101 cm³/mol. The Hall–Kier alpha value is -2.71. The number of nitrogens with zero attached hydrogens (tertiary/aromatic N) is 2. The average Bonchev–Trinajstić information content (AvgIpc) is 2.64. The van der Waals surface area contributed by atoms with Gasteiger partial charge in [-0.05, 0) is 25.5 Å². The second kappa shape index (κ2) is 7.73. The minimum absolute atomic E-state index is 0.0862. The van der Waals surface area contributed by atoms with Gasteiger partial charge in [0.05, 0.1) is 11.3 Å². The monoisotopic (exact) mass is 390 g/mol. The SMILES string of the molecule is Cc1c(NC2=CCC(C)(OC(F)(F)F)C=C2)ncnc1-c1ccc(CN)cc1. The van der Waals surface area contributed by atoms with E-state index in [1.165, 1.54) is 19.3 Å². The summed E-state index contributed by atoms with van der Waals surface area (Å²) >= 11 is 0. The van der Waals surface area contributed by atoms with Crippen molar-refractivity contribution < 1.29 is 17.9 Å². The molecule has 0 saturated heterocycles. The molecule has 5 nitrogen and oxygen atoms in total. The molecule has 8 heteroatoms. The molecule has 0 amide bonds. The second-order valence-electron chi connectivity index (χ2n) is 6.78. The fraction of sp³-hybridized carbons (Fsp3) is 0.300. The third-order valence-corrected chi connectivity index (χ3v) is 4.50. The molecule has 0 saturated carbocycles. The third kappa shape index (κ3) is 4.76. The van der Waals surface area contributed by atoms with Crippen LogP contribution in [0.4, 0.5) is 19.0 Å². The quantitative estimate of drug-likeness (QED) is 0.789. The number of hydrogen-bond acceptors (Lipinski definition) is 5. The van der Waals surface area contributed by atoms with E-state index >= 15 is 0 Å². The van der Waals surface area contributed by atoms with Crippen molar-refractivity contribution in [2.45, 2.75) is 38.8 Å². The number of aromatic nitrogens is 2. The van der Waals surface area contributed by atoms with E-state index in [1.54, 1.807) is 12.2 Å². The van der Waals surface area contributed by atoms with Gasteiger partial charge in [-0.2, -0.15) is 0 Å². The fourth-order valence-electron chi connectivity index (χ4n) is 2.95. The zero-order valence-corrected chi connectivity index (χ0v) is 15.5. The van der Waals surface area contributed by atoms with Crippen molar-refractivity contribution in [3.8, 4) is 11.3 Å². The second-order valence-corrected chi connectivity index (χ2v) is 6.78. The van der Waals surface area contributed by atoms with Crippen LogP contribution in [0.5, 0.6) is 0 Å². The van der Waals surface area contributed by atoms with Crippen LogP contribution >= 0.6 is 0 Å². The standard InChI is InChI=1S/C20H21F3N4O/c1-13-17(15-5-3-14(11-24)4-6-15)25-12-26-18(13)27-16-7-9-19(2,10-8-16)28-20(21,22)23/h3-9,12H,10-11,24H2,1-2H3,(H,25,26,27). The first-order valence-electron chi connectivity index (χ1n) is 8.73. The molecule has 0 bridgehead atoms. The number of ether oxygens (including phenoxy) is 1. The van der Waals surface area contributed by atoms with E-state index < -0.39 is 12.0 Å². The summed E-state index contributed by atoms with van der Waals surface area (Å²) in [5.41, 5.74) is 8.42. The van der Waals surface area contributed by atoms with Gasteiger partial charge in [-0.1, -0.05) is 36.4 Å². The number of alkyl halides is 3. The fourth-order valence-corrected chi connectivity index (χ4v) is 2.95. The van der Waals surface area contributed by atoms with E-state index in [2.05, 4.69) is 20.0 Å². The van der Waals surface area contributed by atoms with Crippen molar-refractivity contribution in [2.75, 3.05) is 5.32 Å². The number of nitrogens with one attached hydrogen (secondary N) is 1. The van der Waals surface area contributed by atoms with Crippen LogP contribution in [0.25, 0.3) is 11.3 Å². The van der Waals surface area contributed by atoms with Crippen LogP contribution in [0.1, 0.15) is 24.5 Å². The molecule has 3 N–H and O–H groups in total. The molecule has 28 heavy (non-hydrogen) atoms. The molecule has 0 radical (unpaired) electrons. The average molecular weight is 390 g/mol. The summed E-state index contributed by atoms with van der Waals surface area (Å²) < 4.78 is 41.7. The lowest BCUT2D eigenvalue weighted by Crippen LogP contribution is -2.34. The molecule has 1 aromatic carbocycles. The van der Waals surface area contributed by atoms with Crippen LogP contribution < -0.4 is 11.1 Å². The predicted octanol–water partition coefficient (Wildman–Crippen LogP) is 4.46. The Morgan fingerprint density at radius 1 is 1.21 bits per heavy atom. The molecule has 1 aliphatic rings. The molecule has 0 aliphatic heterocycles. The van der Waals surface area contributed by atoms with Gasteiger partial charge in [-0.25, -0.2) is 9.97 Å². The van der Waals surface area contributed by atoms with Crippen LogP contribution in [0, 0.1) is 6.92 Å². The van der Waals surface area contributed by atoms with Gasteiger partial charge in [0.25, 0.3) is 0 Å². The lowest BCUT2D eigenvalue weighted by atomic mass is 9.96. The molecule has 1 unspecified atom stereocenters. The van der Waals surface area contributed by atoms with Crippen molar-refractivity contribution in [3.05, 3.63) is 65.6 Å². The molecule has 2 aromatic rings. The van der Waals surface area contributed by atoms with E-state index in [1.807, 2.05) is 31.2 Å². The van der Waals surface area contributed by atoms with Crippen molar-refractivity contribution >= 4 is 5.82 Å². The molecule has 1 aliphatic carbocycles. The van der Waals surface area contributed by atoms with Crippen molar-refractivity contribution in [2.24, 2.45) is 5.73 Å². The van der Waals surface area contributed by atoms with Gasteiger partial charge in [-0.15, -0.1) is 13.2 Å². The highest BCUT2D eigenvalue weighted by molar-refractivity contribution is 5.69. The van der Waals surface area contributed by atoms with E-state index in [-0.39, 0.29) is 6.42 Å². The number of benzene rings is 1. The van der Waals surface area contributed by atoms with Crippen LogP contribution in [0.3, 0.4) is 0 Å². The lowest BCUT2D eigenvalue weighted by molar-refractivity contribution is -0.355. The maximum Gasteiger partial charge on any atom is 0.523 e. The number of hydrogen-bond donors (Lipinski definition) is 2. The zero-order chi connectivity index (χ0) is 20.4. The number of halogens is 3. The van der Waals surface area contributed by atoms with Crippen molar-refractivity contribution in [1.29, 1.82) is 0 Å². The van der Waals surface area contributed by atoms with Gasteiger partial charge in [0.2, 0.25) is 0 Å². The van der Waals surface area contributed by atoms with E-state index in [0.717, 1.165) is 22.4 Å². The highest BCUT2D eigenvalue weighted by atomic mass is 19.4. The molecule has 1 heterocycles. The molecule has 1 atom stereocenters. The van der Waals surface area contributed by atoms with Crippen molar-refractivity contribution in [1.82, 2.24) is 9.97 Å². The van der Waals surface area contributed by atoms with Crippen LogP contribution in [0.2, 0.25) is 0 Å². The topological polar surface area (TPSA) is 73.1 Å². The molecule has 0 fully saturated rings. The summed E-state index contributed by atoms with van der Waals surface area (Å²) in [5.74, 6) is 0.587. The largest absolute Gasteiger partial charge is 0.523 e. The summed E-state index contributed by atoms with van der Waals surface area (Å²) in [6, 6.07) is 7.78. The number of rotatable bonds is 5. The van der Waals surface area contributed by atoms with E-state index in [9.17, 15) is 13.2 Å². The van der Waals surface area contributed by atoms with Crippen LogP contribution in [-0.4, -0.2) is 21.9 Å². The normalized spacial score (nSPS) is 19.4. The number of nitrogens with two attached hydrogens (primary N) is 1. The Labute approximate surface area is 161 Å². The summed E-state index contributed by atoms with van der Waals surface area (Å²) in [6.07, 6.45) is 1.46. The first-order valence-corrected chi connectivity index (χ1v) is 8.73. The van der Waals surface area contributed by atoms with Gasteiger partial charge in [-0.3, -0.25) is 4.74 Å². The summed E-state index contributed by atoms with van der Waals surface area (Å²) in [5, 5.41) is 3.15. The van der Waals surface area contributed by atoms with Gasteiger partial charge < -0.3 is 11.1 Å². The van der Waals surface area contributed by atoms with E-state index in [4.69, 9.17) is 5.73 Å². The smallest absolute Gasteiger partial charge is 0.340 e. The summed E-state index contributed by atoms with van der Waals surface area (Å²) in [4.78, 5) is 8.62. The molecular formula is C20H21F3N4O. The Kier molecular flexibility index (Phi) is 5.53. The number of anilines is 1. The number of allylic oxidation sites excluding steroid dienone is 1. The van der Waals surface area contributed by atoms with Gasteiger partial charge in [0.15, 0.2) is 0 Å². The lowest BCUT2D eigenvalue weighted by Gasteiger charge is -2.29. The Balaban J connectivity index is 1.77. The molecule has 1 aromatic heterocycles. The maximum atomic E-state index is 12.5. The third-order valence-electron chi connectivity index (χ3n) is 4.50. The van der Waals surface area contributed by atoms with E-state index in [0.29, 0.717) is 18.1 Å². The Morgan fingerprint density at radius 2 is 1.93 bits per heavy atom. The minimum Gasteiger partial charge on any atom is -0.340 e. The molecule has 148 valence electrons. The summed E-state index contributed by atoms with van der Waals surface area (Å²) in [7, 11) is 0. The van der Waals surface area contributed by atoms with Gasteiger partial charge in [0.1, 0.15) is 12.1 Å². The highest BCUT2D eigenvalue weighted by Gasteiger charge is 2.39.